The Morgan fingerprint density at radius 2 is 2.03 bits per heavy atom. The lowest BCUT2D eigenvalue weighted by molar-refractivity contribution is -0.113. The molecule has 1 amide bonds. The first-order valence-corrected chi connectivity index (χ1v) is 11.5. The molecule has 1 fully saturated rings. The van der Waals surface area contributed by atoms with Gasteiger partial charge < -0.3 is 9.30 Å². The van der Waals surface area contributed by atoms with Crippen LogP contribution in [-0.4, -0.2) is 42.7 Å². The van der Waals surface area contributed by atoms with Crippen LogP contribution in [0.2, 0.25) is 0 Å². The van der Waals surface area contributed by atoms with Crippen LogP contribution in [0.1, 0.15) is 32.6 Å². The van der Waals surface area contributed by atoms with Crippen LogP contribution in [0.4, 0.5) is 5.13 Å². The van der Waals surface area contributed by atoms with Crippen molar-refractivity contribution in [1.29, 1.82) is 0 Å². The van der Waals surface area contributed by atoms with Crippen LogP contribution in [0.25, 0.3) is 11.4 Å². The number of benzene rings is 1. The van der Waals surface area contributed by atoms with Gasteiger partial charge >= 0.3 is 0 Å². The summed E-state index contributed by atoms with van der Waals surface area (Å²) >= 11 is 2.64. The quantitative estimate of drug-likeness (QED) is 0.542. The summed E-state index contributed by atoms with van der Waals surface area (Å²) in [5, 5.41) is 20.1. The zero-order valence-corrected chi connectivity index (χ0v) is 17.7. The van der Waals surface area contributed by atoms with E-state index in [4.69, 9.17) is 4.74 Å². The maximum atomic E-state index is 12.1. The van der Waals surface area contributed by atoms with Gasteiger partial charge in [0.25, 0.3) is 0 Å². The highest BCUT2D eigenvalue weighted by Crippen LogP contribution is 2.28. The fourth-order valence-corrected chi connectivity index (χ4v) is 4.55. The molecule has 29 heavy (non-hydrogen) atoms. The van der Waals surface area contributed by atoms with Gasteiger partial charge in [0.2, 0.25) is 11.0 Å². The van der Waals surface area contributed by atoms with Crippen molar-refractivity contribution in [2.75, 3.05) is 11.1 Å². The van der Waals surface area contributed by atoms with Gasteiger partial charge in [-0.05, 0) is 56.9 Å². The highest BCUT2D eigenvalue weighted by molar-refractivity contribution is 7.99. The minimum Gasteiger partial charge on any atom is -0.490 e. The van der Waals surface area contributed by atoms with E-state index in [2.05, 4.69) is 25.7 Å². The van der Waals surface area contributed by atoms with Gasteiger partial charge in [-0.1, -0.05) is 23.1 Å². The fraction of sp³-hybridized carbons (Fsp3) is 0.421. The van der Waals surface area contributed by atoms with Crippen LogP contribution >= 0.6 is 23.1 Å². The molecule has 8 nitrogen and oxygen atoms in total. The maximum Gasteiger partial charge on any atom is 0.236 e. The predicted molar refractivity (Wildman–Crippen MR) is 113 cm³/mol. The van der Waals surface area contributed by atoms with Gasteiger partial charge in [-0.3, -0.25) is 10.1 Å². The van der Waals surface area contributed by atoms with Gasteiger partial charge in [-0.15, -0.1) is 20.4 Å². The zero-order valence-electron chi connectivity index (χ0n) is 16.1. The highest BCUT2D eigenvalue weighted by atomic mass is 32.2. The number of amides is 1. The van der Waals surface area contributed by atoms with E-state index >= 15 is 0 Å². The van der Waals surface area contributed by atoms with Crippen molar-refractivity contribution >= 4 is 34.1 Å². The first-order valence-electron chi connectivity index (χ1n) is 9.62. The molecular formula is C19H22N6O2S2. The van der Waals surface area contributed by atoms with Crippen LogP contribution in [0, 0.1) is 0 Å². The number of hydrogen-bond acceptors (Lipinski definition) is 8. The molecule has 3 aromatic rings. The van der Waals surface area contributed by atoms with Gasteiger partial charge in [0, 0.05) is 12.1 Å². The van der Waals surface area contributed by atoms with Crippen molar-refractivity contribution in [1.82, 2.24) is 25.0 Å². The standard InChI is InChI=1S/C19H22N6O2S2/c1-2-25-17(13-7-9-15(10-8-13)27-14-5-3-4-6-14)22-24-19(25)28-11-16(26)21-18-23-20-12-29-18/h7-10,12,14H,2-6,11H2,1H3,(H,21,23,26). The molecule has 10 heteroatoms. The summed E-state index contributed by atoms with van der Waals surface area (Å²) in [6.45, 7) is 2.75. The molecule has 0 saturated heterocycles. The van der Waals surface area contributed by atoms with Crippen molar-refractivity contribution < 1.29 is 9.53 Å². The van der Waals surface area contributed by atoms with E-state index in [1.807, 2.05) is 35.8 Å². The van der Waals surface area contributed by atoms with Crippen LogP contribution in [0.15, 0.2) is 34.9 Å². The molecule has 1 aliphatic rings. The van der Waals surface area contributed by atoms with E-state index in [1.54, 1.807) is 5.51 Å². The number of ether oxygens (including phenoxy) is 1. The Morgan fingerprint density at radius 1 is 1.24 bits per heavy atom. The maximum absolute atomic E-state index is 12.1. The van der Waals surface area contributed by atoms with Crippen molar-refractivity contribution in [3.05, 3.63) is 29.8 Å². The number of nitrogens with one attached hydrogen (secondary N) is 1. The van der Waals surface area contributed by atoms with Crippen LogP contribution < -0.4 is 10.1 Å². The second-order valence-electron chi connectivity index (χ2n) is 6.68. The van der Waals surface area contributed by atoms with E-state index in [0.29, 0.717) is 22.9 Å². The third-order valence-corrected chi connectivity index (χ3v) is 6.26. The minimum absolute atomic E-state index is 0.146. The Labute approximate surface area is 177 Å². The number of aromatic nitrogens is 5. The first-order chi connectivity index (χ1) is 14.2. The number of anilines is 1. The SMILES string of the molecule is CCn1c(SCC(=O)Nc2nncs2)nnc1-c1ccc(OC2CCCC2)cc1. The second kappa shape index (κ2) is 9.36. The Kier molecular flexibility index (Phi) is 6.40. The number of rotatable bonds is 8. The summed E-state index contributed by atoms with van der Waals surface area (Å²) in [6, 6.07) is 8.00. The third kappa shape index (κ3) is 4.94. The molecule has 2 aromatic heterocycles. The zero-order chi connectivity index (χ0) is 20.1. The molecule has 152 valence electrons. The monoisotopic (exact) mass is 430 g/mol. The van der Waals surface area contributed by atoms with Crippen molar-refractivity contribution in [3.8, 4) is 17.1 Å². The highest BCUT2D eigenvalue weighted by Gasteiger charge is 2.18. The van der Waals surface area contributed by atoms with Crippen LogP contribution in [0.3, 0.4) is 0 Å². The molecule has 0 aliphatic heterocycles. The topological polar surface area (TPSA) is 94.8 Å². The van der Waals surface area contributed by atoms with Crippen molar-refractivity contribution in [3.63, 3.8) is 0 Å². The summed E-state index contributed by atoms with van der Waals surface area (Å²) in [5.74, 6) is 1.76. The molecule has 2 heterocycles. The molecule has 1 aliphatic carbocycles. The molecule has 1 saturated carbocycles. The molecule has 0 unspecified atom stereocenters. The third-order valence-electron chi connectivity index (χ3n) is 4.69. The van der Waals surface area contributed by atoms with E-state index in [9.17, 15) is 4.79 Å². The fourth-order valence-electron chi connectivity index (χ4n) is 3.29. The Bertz CT molecular complexity index is 936. The van der Waals surface area contributed by atoms with Gasteiger partial charge in [0.05, 0.1) is 11.9 Å². The minimum atomic E-state index is -0.146. The van der Waals surface area contributed by atoms with E-state index in [-0.39, 0.29) is 11.7 Å². The molecule has 0 radical (unpaired) electrons. The Morgan fingerprint density at radius 3 is 2.72 bits per heavy atom. The lowest BCUT2D eigenvalue weighted by Crippen LogP contribution is -2.14. The largest absolute Gasteiger partial charge is 0.490 e. The smallest absolute Gasteiger partial charge is 0.236 e. The normalized spacial score (nSPS) is 14.2. The number of carbonyl (C=O) groups is 1. The number of hydrogen-bond donors (Lipinski definition) is 1. The predicted octanol–water partition coefficient (Wildman–Crippen LogP) is 3.87. The number of carbonyl (C=O) groups excluding carboxylic acids is 1. The lowest BCUT2D eigenvalue weighted by Gasteiger charge is -2.13. The van der Waals surface area contributed by atoms with Crippen molar-refractivity contribution in [2.45, 2.75) is 50.4 Å². The molecule has 0 bridgehead atoms. The van der Waals surface area contributed by atoms with Crippen LogP contribution in [0.5, 0.6) is 5.75 Å². The van der Waals surface area contributed by atoms with E-state index < -0.39 is 0 Å². The summed E-state index contributed by atoms with van der Waals surface area (Å²) in [4.78, 5) is 12.1. The number of thioether (sulfide) groups is 1. The second-order valence-corrected chi connectivity index (χ2v) is 8.46. The molecule has 0 spiro atoms. The average Bonchev–Trinajstić information content (AvgIpc) is 3.49. The Hall–Kier alpha value is -2.46. The lowest BCUT2D eigenvalue weighted by atomic mass is 10.2. The van der Waals surface area contributed by atoms with Gasteiger partial charge in [-0.25, -0.2) is 0 Å². The first kappa shape index (κ1) is 19.8. The molecule has 4 rings (SSSR count). The molecule has 1 aromatic carbocycles. The summed E-state index contributed by atoms with van der Waals surface area (Å²) in [5.41, 5.74) is 2.55. The van der Waals surface area contributed by atoms with Gasteiger partial charge in [0.15, 0.2) is 11.0 Å². The summed E-state index contributed by atoms with van der Waals surface area (Å²) in [7, 11) is 0. The molecule has 0 atom stereocenters. The summed E-state index contributed by atoms with van der Waals surface area (Å²) in [6.07, 6.45) is 5.12. The van der Waals surface area contributed by atoms with Gasteiger partial charge in [-0.2, -0.15) is 0 Å². The average molecular weight is 431 g/mol. The molecular weight excluding hydrogens is 408 g/mol. The van der Waals surface area contributed by atoms with Crippen molar-refractivity contribution in [2.24, 2.45) is 0 Å². The number of nitrogens with zero attached hydrogens (tertiary/aromatic N) is 5. The van der Waals surface area contributed by atoms with E-state index in [1.165, 1.54) is 35.9 Å². The van der Waals surface area contributed by atoms with Gasteiger partial charge in [0.1, 0.15) is 11.3 Å². The van der Waals surface area contributed by atoms with Crippen LogP contribution in [-0.2, 0) is 11.3 Å². The summed E-state index contributed by atoms with van der Waals surface area (Å²) < 4.78 is 8.05. The molecule has 1 N–H and O–H groups in total. The van der Waals surface area contributed by atoms with E-state index in [0.717, 1.165) is 30.0 Å². The Balaban J connectivity index is 1.40.